The zero-order valence-electron chi connectivity index (χ0n) is 4.07. The average Bonchev–Trinajstić information content (AvgIpc) is 1.30. The molecule has 0 aliphatic heterocycles. The van der Waals surface area contributed by atoms with Gasteiger partial charge < -0.3 is 15.1 Å². The summed E-state index contributed by atoms with van der Waals surface area (Å²) in [6.07, 6.45) is 0. The summed E-state index contributed by atoms with van der Waals surface area (Å²) in [5.74, 6) is 0. The van der Waals surface area contributed by atoms with Crippen molar-refractivity contribution in [1.29, 1.82) is 0 Å². The predicted molar refractivity (Wildman–Crippen MR) is 34.5 cm³/mol. The second-order valence-electron chi connectivity index (χ2n) is 0.620. The van der Waals surface area contributed by atoms with E-state index in [4.69, 9.17) is 9.35 Å². The fourth-order valence-electron chi connectivity index (χ4n) is 0.0496. The maximum atomic E-state index is 9.33. The Kier molecular flexibility index (Phi) is 20.4. The Labute approximate surface area is 73.1 Å². The fourth-order valence-corrected chi connectivity index (χ4v) is 0.149. The summed E-state index contributed by atoms with van der Waals surface area (Å²) in [7, 11) is -4.54. The van der Waals surface area contributed by atoms with Gasteiger partial charge >= 0.3 is 39.9 Å². The quantitative estimate of drug-likeness (QED) is 0.270. The molecule has 0 aromatic carbocycles. The van der Waals surface area contributed by atoms with E-state index in [0.717, 1.165) is 0 Å². The Balaban J connectivity index is -0.0000000600. The summed E-state index contributed by atoms with van der Waals surface area (Å²) in [6, 6.07) is 0. The standard InChI is InChI=1S/CH2O5S.Mg.2H2O.2H/c2-1-6-7(3,4)5;;;;;/h1H,(H,3,4,5);;2*1H2;;. The monoisotopic (exact) mass is 188 g/mol. The van der Waals surface area contributed by atoms with Crippen molar-refractivity contribution < 1.29 is 32.9 Å². The number of carbonyl (C=O) groups is 1. The fraction of sp³-hybridized carbons (Fsp3) is 0. The highest BCUT2D eigenvalue weighted by atomic mass is 32.3. The van der Waals surface area contributed by atoms with E-state index >= 15 is 0 Å². The highest BCUT2D eigenvalue weighted by Crippen LogP contribution is 1.76. The van der Waals surface area contributed by atoms with Crippen LogP contribution in [0.1, 0.15) is 0 Å². The van der Waals surface area contributed by atoms with E-state index in [1.54, 1.807) is 0 Å². The number of hydrogen-bond donors (Lipinski definition) is 1. The second kappa shape index (κ2) is 9.07. The van der Waals surface area contributed by atoms with Gasteiger partial charge in [0.1, 0.15) is 0 Å². The molecule has 0 saturated heterocycles. The number of carbonyl (C=O) groups excluding carboxylic acids is 1. The lowest BCUT2D eigenvalue weighted by Crippen LogP contribution is -2.00. The van der Waals surface area contributed by atoms with Gasteiger partial charge in [0.15, 0.2) is 0 Å². The lowest BCUT2D eigenvalue weighted by atomic mass is 11.7. The van der Waals surface area contributed by atoms with E-state index < -0.39 is 10.4 Å². The Bertz CT molecular complexity index is 147. The lowest BCUT2D eigenvalue weighted by Gasteiger charge is -1.83. The van der Waals surface area contributed by atoms with Crippen molar-refractivity contribution >= 4 is 39.9 Å². The maximum Gasteiger partial charge on any atom is 0.448 e. The molecule has 0 heterocycles. The molecule has 5 N–H and O–H groups in total. The van der Waals surface area contributed by atoms with E-state index in [0.29, 0.717) is 0 Å². The van der Waals surface area contributed by atoms with Crippen LogP contribution >= 0.6 is 0 Å². The van der Waals surface area contributed by atoms with Crippen molar-refractivity contribution in [3.05, 3.63) is 0 Å². The summed E-state index contributed by atoms with van der Waals surface area (Å²) in [5, 5.41) is 0. The maximum absolute atomic E-state index is 9.33. The molecule has 0 aromatic heterocycles. The molecule has 10 heavy (non-hydrogen) atoms. The normalized spacial score (nSPS) is 7.30. The van der Waals surface area contributed by atoms with Crippen LogP contribution in [0.2, 0.25) is 0 Å². The van der Waals surface area contributed by atoms with Gasteiger partial charge in [-0.15, -0.1) is 0 Å². The molecule has 0 bridgehead atoms. The minimum atomic E-state index is -4.54. The van der Waals surface area contributed by atoms with Crippen molar-refractivity contribution in [2.45, 2.75) is 0 Å². The van der Waals surface area contributed by atoms with Crippen LogP contribution in [-0.4, -0.2) is 53.4 Å². The molecule has 0 fully saturated rings. The second-order valence-corrected chi connectivity index (χ2v) is 1.67. The Morgan fingerprint density at radius 2 is 1.60 bits per heavy atom. The Morgan fingerprint density at radius 3 is 1.60 bits per heavy atom. The summed E-state index contributed by atoms with van der Waals surface area (Å²) < 4.78 is 29.3. The van der Waals surface area contributed by atoms with E-state index in [9.17, 15) is 8.42 Å². The van der Waals surface area contributed by atoms with Gasteiger partial charge in [0.25, 0.3) is 0 Å². The molecule has 0 rings (SSSR count). The summed E-state index contributed by atoms with van der Waals surface area (Å²) >= 11 is 0. The molecule has 9 heteroatoms. The molecular weight excluding hydrogens is 180 g/mol. The van der Waals surface area contributed by atoms with Crippen molar-refractivity contribution in [3.8, 4) is 0 Å². The topological polar surface area (TPSA) is 144 Å². The average molecular weight is 188 g/mol. The first kappa shape index (κ1) is 22.5. The molecule has 0 atom stereocenters. The van der Waals surface area contributed by atoms with Crippen LogP contribution in [-0.2, 0) is 19.4 Å². The third kappa shape index (κ3) is 24.4. The smallest absolute Gasteiger partial charge is 0.412 e. The van der Waals surface area contributed by atoms with Crippen LogP contribution in [0.3, 0.4) is 0 Å². The zero-order chi connectivity index (χ0) is 5.91. The van der Waals surface area contributed by atoms with Crippen LogP contribution in [0, 0.1) is 0 Å². The zero-order valence-corrected chi connectivity index (χ0v) is 4.88. The molecule has 0 aliphatic carbocycles. The van der Waals surface area contributed by atoms with E-state index in [-0.39, 0.29) is 40.5 Å². The van der Waals surface area contributed by atoms with Gasteiger partial charge in [-0.25, -0.2) is 0 Å². The van der Waals surface area contributed by atoms with Crippen LogP contribution in [0.25, 0.3) is 0 Å². The van der Waals surface area contributed by atoms with Crippen LogP contribution in [0.5, 0.6) is 0 Å². The van der Waals surface area contributed by atoms with E-state index in [1.807, 2.05) is 0 Å². The Hall–Kier alpha value is 0.0662. The van der Waals surface area contributed by atoms with E-state index in [1.165, 1.54) is 0 Å². The molecule has 0 aliphatic rings. The van der Waals surface area contributed by atoms with Crippen molar-refractivity contribution in [1.82, 2.24) is 0 Å². The molecule has 0 aromatic rings. The third-order valence-electron chi connectivity index (χ3n) is 0.161. The van der Waals surface area contributed by atoms with Gasteiger partial charge in [-0.2, -0.15) is 8.42 Å². The number of hydrogen-bond acceptors (Lipinski definition) is 4. The SMILES string of the molecule is O.O.O=COS(=O)(=O)O.[MgH2]. The number of rotatable bonds is 2. The molecule has 62 valence electrons. The van der Waals surface area contributed by atoms with E-state index in [2.05, 4.69) is 4.18 Å². The minimum Gasteiger partial charge on any atom is -0.412 e. The Morgan fingerprint density at radius 1 is 1.30 bits per heavy atom. The van der Waals surface area contributed by atoms with Gasteiger partial charge in [0.05, 0.1) is 0 Å². The molecule has 0 radical (unpaired) electrons. The first-order valence-electron chi connectivity index (χ1n) is 1.15. The van der Waals surface area contributed by atoms with Gasteiger partial charge in [-0.05, 0) is 0 Å². The summed E-state index contributed by atoms with van der Waals surface area (Å²) in [4.78, 5) is 9.06. The van der Waals surface area contributed by atoms with Crippen molar-refractivity contribution in [2.75, 3.05) is 0 Å². The van der Waals surface area contributed by atoms with Gasteiger partial charge in [0, 0.05) is 0 Å². The highest BCUT2D eigenvalue weighted by Gasteiger charge is 1.98. The van der Waals surface area contributed by atoms with Gasteiger partial charge in [-0.3, -0.25) is 9.35 Å². The van der Waals surface area contributed by atoms with Crippen molar-refractivity contribution in [3.63, 3.8) is 0 Å². The largest absolute Gasteiger partial charge is 0.448 e. The van der Waals surface area contributed by atoms with Gasteiger partial charge in [-0.1, -0.05) is 0 Å². The molecule has 0 unspecified atom stereocenters. The van der Waals surface area contributed by atoms with Crippen LogP contribution < -0.4 is 0 Å². The van der Waals surface area contributed by atoms with Gasteiger partial charge in [0.2, 0.25) is 0 Å². The molecule has 0 saturated carbocycles. The first-order valence-corrected chi connectivity index (χ1v) is 2.52. The predicted octanol–water partition coefficient (Wildman–Crippen LogP) is -3.60. The molecule has 0 amide bonds. The third-order valence-corrected chi connectivity index (χ3v) is 0.483. The van der Waals surface area contributed by atoms with Crippen LogP contribution in [0.15, 0.2) is 0 Å². The van der Waals surface area contributed by atoms with Crippen molar-refractivity contribution in [2.24, 2.45) is 0 Å². The summed E-state index contributed by atoms with van der Waals surface area (Å²) in [5.41, 5.74) is 0. The first-order chi connectivity index (χ1) is 3.06. The lowest BCUT2D eigenvalue weighted by molar-refractivity contribution is -0.120. The minimum absolute atomic E-state index is 0. The molecular formula is CH8MgO7S. The molecule has 0 spiro atoms. The molecule has 7 nitrogen and oxygen atoms in total. The summed E-state index contributed by atoms with van der Waals surface area (Å²) in [6.45, 7) is -0.380. The highest BCUT2D eigenvalue weighted by molar-refractivity contribution is 7.81. The van der Waals surface area contributed by atoms with Crippen LogP contribution in [0.4, 0.5) is 0 Å².